The van der Waals surface area contributed by atoms with Crippen molar-refractivity contribution in [2.45, 2.75) is 31.6 Å². The number of hydrogen-bond acceptors (Lipinski definition) is 2. The summed E-state index contributed by atoms with van der Waals surface area (Å²) in [6.45, 7) is 0. The second-order valence-corrected chi connectivity index (χ2v) is 5.40. The van der Waals surface area contributed by atoms with Gasteiger partial charge in [-0.05, 0) is 30.4 Å². The molecular weight excluding hydrogens is 236 g/mol. The molecule has 0 bridgehead atoms. The van der Waals surface area contributed by atoms with Crippen molar-refractivity contribution >= 4 is 22.8 Å². The third-order valence-corrected chi connectivity index (χ3v) is 4.24. The van der Waals surface area contributed by atoms with E-state index in [2.05, 4.69) is 21.1 Å². The van der Waals surface area contributed by atoms with Gasteiger partial charge in [0.05, 0.1) is 11.8 Å². The van der Waals surface area contributed by atoms with Crippen LogP contribution in [-0.4, -0.2) is 16.2 Å². The molecule has 0 atom stereocenters. The van der Waals surface area contributed by atoms with Crippen LogP contribution in [0.4, 0.5) is 0 Å². The highest BCUT2D eigenvalue weighted by molar-refractivity contribution is 6.14. The van der Waals surface area contributed by atoms with Crippen molar-refractivity contribution in [3.05, 3.63) is 35.8 Å². The first kappa shape index (κ1) is 10.9. The molecule has 0 unspecified atom stereocenters. The first-order chi connectivity index (χ1) is 9.42. The van der Waals surface area contributed by atoms with Gasteiger partial charge in [0, 0.05) is 23.3 Å². The summed E-state index contributed by atoms with van der Waals surface area (Å²) in [6.07, 6.45) is 13.4. The lowest BCUT2D eigenvalue weighted by molar-refractivity contribution is -0.589. The highest BCUT2D eigenvalue weighted by Crippen LogP contribution is 2.35. The van der Waals surface area contributed by atoms with Crippen LogP contribution in [0.25, 0.3) is 16.6 Å². The molecule has 2 aromatic rings. The quantitative estimate of drug-likeness (QED) is 0.791. The Balaban J connectivity index is 1.82. The summed E-state index contributed by atoms with van der Waals surface area (Å²) in [5.41, 5.74) is 6.57. The number of aromatic nitrogens is 2. The number of rotatable bonds is 2. The first-order valence-electron chi connectivity index (χ1n) is 6.96. The second kappa shape index (κ2) is 4.31. The molecule has 19 heavy (non-hydrogen) atoms. The Hall–Kier alpha value is -1.94. The van der Waals surface area contributed by atoms with Gasteiger partial charge in [-0.3, -0.25) is 0 Å². The van der Waals surface area contributed by atoms with Gasteiger partial charge in [0.2, 0.25) is 0 Å². The molecule has 2 aromatic heterocycles. The molecule has 1 fully saturated rings. The molecule has 4 nitrogen and oxygen atoms in total. The number of aromatic amines is 1. The number of hydrogen-bond donors (Lipinski definition) is 2. The summed E-state index contributed by atoms with van der Waals surface area (Å²) < 4.78 is 0. The number of fused-ring (bicyclic) bond motifs is 1. The number of nitrogens with one attached hydrogen (secondary N) is 1. The van der Waals surface area contributed by atoms with Crippen molar-refractivity contribution in [2.75, 3.05) is 0 Å². The van der Waals surface area contributed by atoms with E-state index >= 15 is 0 Å². The fraction of sp³-hybridized carbons (Fsp3) is 0.333. The molecule has 96 valence electrons. The van der Waals surface area contributed by atoms with Crippen LogP contribution in [0.3, 0.4) is 0 Å². The summed E-state index contributed by atoms with van der Waals surface area (Å²) in [4.78, 5) is 7.84. The molecule has 4 rings (SSSR count). The van der Waals surface area contributed by atoms with Crippen molar-refractivity contribution in [1.29, 1.82) is 0 Å². The summed E-state index contributed by atoms with van der Waals surface area (Å²) in [5, 5.41) is 5.37. The fourth-order valence-electron chi connectivity index (χ4n) is 3.19. The molecular formula is C15H17N4+. The Morgan fingerprint density at radius 2 is 2.16 bits per heavy atom. The van der Waals surface area contributed by atoms with E-state index in [1.54, 1.807) is 0 Å². The van der Waals surface area contributed by atoms with E-state index in [-0.39, 0.29) is 0 Å². The van der Waals surface area contributed by atoms with Gasteiger partial charge in [0.1, 0.15) is 11.8 Å². The van der Waals surface area contributed by atoms with Gasteiger partial charge in [-0.15, -0.1) is 0 Å². The number of nitrogens with zero attached hydrogens (tertiary/aromatic N) is 2. The van der Waals surface area contributed by atoms with Gasteiger partial charge >= 0.3 is 0 Å². The maximum Gasteiger partial charge on any atom is 0.137 e. The van der Waals surface area contributed by atoms with Crippen LogP contribution in [0.2, 0.25) is 0 Å². The Labute approximate surface area is 111 Å². The highest BCUT2D eigenvalue weighted by Gasteiger charge is 2.19. The Morgan fingerprint density at radius 3 is 2.95 bits per heavy atom. The van der Waals surface area contributed by atoms with Gasteiger partial charge in [0.25, 0.3) is 0 Å². The normalized spacial score (nSPS) is 19.5. The molecule has 3 heterocycles. The van der Waals surface area contributed by atoms with Crippen LogP contribution < -0.4 is 5.43 Å². The van der Waals surface area contributed by atoms with E-state index in [9.17, 15) is 0 Å². The molecule has 1 aliphatic heterocycles. The average molecular weight is 253 g/mol. The van der Waals surface area contributed by atoms with E-state index < -0.39 is 0 Å². The van der Waals surface area contributed by atoms with Crippen LogP contribution in [0.15, 0.2) is 29.8 Å². The minimum atomic E-state index is 0.706. The Kier molecular flexibility index (Phi) is 2.48. The molecule has 0 radical (unpaired) electrons. The predicted molar refractivity (Wildman–Crippen MR) is 75.7 cm³/mol. The third kappa shape index (κ3) is 1.79. The minimum absolute atomic E-state index is 0.706. The van der Waals surface area contributed by atoms with Gasteiger partial charge in [-0.1, -0.05) is 17.9 Å². The molecule has 0 spiro atoms. The smallest absolute Gasteiger partial charge is 0.137 e. The number of quaternary nitrogens is 1. The highest BCUT2D eigenvalue weighted by atomic mass is 15.3. The van der Waals surface area contributed by atoms with Crippen molar-refractivity contribution in [3.63, 3.8) is 0 Å². The average Bonchev–Trinajstić information content (AvgIpc) is 3.18. The van der Waals surface area contributed by atoms with Gasteiger partial charge in [-0.25, -0.2) is 4.98 Å². The minimum Gasteiger partial charge on any atom is -0.346 e. The number of nitrogens with two attached hydrogens (primary N) is 1. The van der Waals surface area contributed by atoms with E-state index in [0.717, 1.165) is 11.2 Å². The lowest BCUT2D eigenvalue weighted by Crippen LogP contribution is -2.69. The zero-order valence-electron chi connectivity index (χ0n) is 10.8. The van der Waals surface area contributed by atoms with Crippen molar-refractivity contribution < 1.29 is 5.43 Å². The van der Waals surface area contributed by atoms with Crippen molar-refractivity contribution in [2.24, 2.45) is 5.10 Å². The fourth-order valence-corrected chi connectivity index (χ4v) is 3.19. The molecule has 2 aliphatic rings. The number of H-pyrrole nitrogens is 1. The SMILES string of the molecule is C1=N[NH2+]C=C1c1c[nH]c2ncc(C3CCCC3)cc12. The van der Waals surface area contributed by atoms with Gasteiger partial charge < -0.3 is 4.98 Å². The standard InChI is InChI=1S/C15H16N4/c1-2-4-10(3-1)11-5-13-14(12-7-18-19-8-12)9-17-15(13)16-6-11/h5-10H,1-4H2,(H,16,17)(H,18,19)/p+1. The topological polar surface area (TPSA) is 57.6 Å². The van der Waals surface area contributed by atoms with E-state index in [4.69, 9.17) is 0 Å². The first-order valence-corrected chi connectivity index (χ1v) is 6.96. The largest absolute Gasteiger partial charge is 0.346 e. The predicted octanol–water partition coefficient (Wildman–Crippen LogP) is 2.12. The summed E-state index contributed by atoms with van der Waals surface area (Å²) >= 11 is 0. The lowest BCUT2D eigenvalue weighted by atomic mass is 9.97. The van der Waals surface area contributed by atoms with Crippen LogP contribution in [0.1, 0.15) is 42.7 Å². The maximum absolute atomic E-state index is 4.58. The summed E-state index contributed by atoms with van der Waals surface area (Å²) in [6, 6.07) is 2.32. The zero-order valence-corrected chi connectivity index (χ0v) is 10.8. The lowest BCUT2D eigenvalue weighted by Gasteiger charge is -2.08. The molecule has 4 heteroatoms. The number of pyridine rings is 1. The van der Waals surface area contributed by atoms with E-state index in [0.29, 0.717) is 5.92 Å². The summed E-state index contributed by atoms with van der Waals surface area (Å²) in [7, 11) is 0. The van der Waals surface area contributed by atoms with Crippen molar-refractivity contribution in [3.8, 4) is 0 Å². The maximum atomic E-state index is 4.58. The molecule has 1 aliphatic carbocycles. The zero-order chi connectivity index (χ0) is 12.7. The molecule has 0 saturated heterocycles. The molecule has 0 amide bonds. The number of allylic oxidation sites excluding steroid dienone is 1. The summed E-state index contributed by atoms with van der Waals surface area (Å²) in [5.74, 6) is 0.706. The van der Waals surface area contributed by atoms with Crippen LogP contribution in [0, 0.1) is 0 Å². The van der Waals surface area contributed by atoms with Crippen LogP contribution >= 0.6 is 0 Å². The van der Waals surface area contributed by atoms with Crippen molar-refractivity contribution in [1.82, 2.24) is 9.97 Å². The Bertz CT molecular complexity index is 675. The Morgan fingerprint density at radius 1 is 1.26 bits per heavy atom. The second-order valence-electron chi connectivity index (χ2n) is 5.40. The van der Waals surface area contributed by atoms with E-state index in [1.807, 2.05) is 30.2 Å². The van der Waals surface area contributed by atoms with Gasteiger partial charge in [0.15, 0.2) is 0 Å². The van der Waals surface area contributed by atoms with Crippen LogP contribution in [-0.2, 0) is 0 Å². The van der Waals surface area contributed by atoms with Crippen LogP contribution in [0.5, 0.6) is 0 Å². The molecule has 3 N–H and O–H groups in total. The molecule has 0 aromatic carbocycles. The monoisotopic (exact) mass is 253 g/mol. The van der Waals surface area contributed by atoms with Gasteiger partial charge in [-0.2, -0.15) is 5.43 Å². The molecule has 1 saturated carbocycles. The van der Waals surface area contributed by atoms with E-state index in [1.165, 1.54) is 42.2 Å². The third-order valence-electron chi connectivity index (χ3n) is 4.24.